The molecule has 2 rings (SSSR count). The number of hydrogen-bond acceptors (Lipinski definition) is 1. The molecule has 0 bridgehead atoms. The number of carbonyl (C=O) groups excluding carboxylic acids is 1. The number of halogens is 1. The molecule has 1 fully saturated rings. The van der Waals surface area contributed by atoms with Crippen LogP contribution in [0.15, 0.2) is 24.3 Å². The predicted molar refractivity (Wildman–Crippen MR) is 73.5 cm³/mol. The Morgan fingerprint density at radius 2 is 2.16 bits per heavy atom. The number of urea groups is 1. The summed E-state index contributed by atoms with van der Waals surface area (Å²) in [5, 5.41) is 2.93. The normalized spacial score (nSPS) is 19.3. The van der Waals surface area contributed by atoms with Gasteiger partial charge in [0.15, 0.2) is 0 Å². The number of carbonyl (C=O) groups is 1. The maximum absolute atomic E-state index is 12.7. The molecule has 104 valence electrons. The second-order valence-corrected chi connectivity index (χ2v) is 5.30. The maximum Gasteiger partial charge on any atom is 0.317 e. The van der Waals surface area contributed by atoms with Crippen molar-refractivity contribution in [1.29, 1.82) is 0 Å². The minimum absolute atomic E-state index is 0.0219. The number of benzene rings is 1. The number of piperidine rings is 1. The topological polar surface area (TPSA) is 32.3 Å². The molecule has 1 aromatic rings. The first-order valence-electron chi connectivity index (χ1n) is 6.92. The molecule has 1 unspecified atom stereocenters. The van der Waals surface area contributed by atoms with Crippen molar-refractivity contribution in [2.24, 2.45) is 5.92 Å². The standard InChI is InChI=1S/C15H21FN2O/c1-12-3-2-10-18(11-12)15(19)17-9-8-13-4-6-14(16)7-5-13/h4-7,12H,2-3,8-11H2,1H3,(H,17,19). The minimum Gasteiger partial charge on any atom is -0.338 e. The predicted octanol–water partition coefficient (Wildman–Crippen LogP) is 2.81. The first-order valence-corrected chi connectivity index (χ1v) is 6.92. The summed E-state index contributed by atoms with van der Waals surface area (Å²) in [6, 6.07) is 6.43. The maximum atomic E-state index is 12.7. The van der Waals surface area contributed by atoms with Crippen LogP contribution in [-0.4, -0.2) is 30.6 Å². The quantitative estimate of drug-likeness (QED) is 0.894. The fourth-order valence-corrected chi connectivity index (χ4v) is 2.45. The largest absolute Gasteiger partial charge is 0.338 e. The van der Waals surface area contributed by atoms with E-state index in [9.17, 15) is 9.18 Å². The van der Waals surface area contributed by atoms with Crippen molar-refractivity contribution in [3.8, 4) is 0 Å². The molecule has 1 saturated heterocycles. The molecule has 1 aromatic carbocycles. The highest BCUT2D eigenvalue weighted by Crippen LogP contribution is 2.15. The van der Waals surface area contributed by atoms with Gasteiger partial charge in [-0.1, -0.05) is 19.1 Å². The van der Waals surface area contributed by atoms with Gasteiger partial charge in [-0.05, 0) is 42.9 Å². The molecule has 1 heterocycles. The Kier molecular flexibility index (Phi) is 4.77. The third kappa shape index (κ3) is 4.23. The van der Waals surface area contributed by atoms with Gasteiger partial charge < -0.3 is 10.2 Å². The van der Waals surface area contributed by atoms with Gasteiger partial charge in [0.05, 0.1) is 0 Å². The highest BCUT2D eigenvalue weighted by Gasteiger charge is 2.20. The Labute approximate surface area is 113 Å². The van der Waals surface area contributed by atoms with Gasteiger partial charge >= 0.3 is 6.03 Å². The second-order valence-electron chi connectivity index (χ2n) is 5.30. The molecular weight excluding hydrogens is 243 g/mol. The summed E-state index contributed by atoms with van der Waals surface area (Å²) in [7, 11) is 0. The van der Waals surface area contributed by atoms with Gasteiger partial charge in [-0.3, -0.25) is 0 Å². The SMILES string of the molecule is CC1CCCN(C(=O)NCCc2ccc(F)cc2)C1. The van der Waals surface area contributed by atoms with Crippen LogP contribution in [0.4, 0.5) is 9.18 Å². The average molecular weight is 264 g/mol. The van der Waals surface area contributed by atoms with E-state index in [-0.39, 0.29) is 11.8 Å². The van der Waals surface area contributed by atoms with Gasteiger partial charge in [0, 0.05) is 19.6 Å². The summed E-state index contributed by atoms with van der Waals surface area (Å²) in [5.41, 5.74) is 1.04. The zero-order valence-corrected chi connectivity index (χ0v) is 11.4. The van der Waals surface area contributed by atoms with Gasteiger partial charge in [0.25, 0.3) is 0 Å². The second kappa shape index (κ2) is 6.55. The molecule has 0 spiro atoms. The molecule has 4 heteroatoms. The van der Waals surface area contributed by atoms with E-state index in [0.29, 0.717) is 12.5 Å². The number of rotatable bonds is 3. The van der Waals surface area contributed by atoms with Gasteiger partial charge in [-0.25, -0.2) is 9.18 Å². The van der Waals surface area contributed by atoms with E-state index in [0.717, 1.165) is 31.5 Å². The molecule has 2 amide bonds. The van der Waals surface area contributed by atoms with E-state index in [1.807, 2.05) is 4.90 Å². The van der Waals surface area contributed by atoms with Crippen LogP contribution in [0.5, 0.6) is 0 Å². The highest BCUT2D eigenvalue weighted by molar-refractivity contribution is 5.74. The Balaban J connectivity index is 1.73. The number of amides is 2. The van der Waals surface area contributed by atoms with E-state index in [1.54, 1.807) is 12.1 Å². The summed E-state index contributed by atoms with van der Waals surface area (Å²) < 4.78 is 12.7. The van der Waals surface area contributed by atoms with E-state index in [1.165, 1.54) is 18.6 Å². The van der Waals surface area contributed by atoms with Gasteiger partial charge in [-0.2, -0.15) is 0 Å². The number of likely N-dealkylation sites (tertiary alicyclic amines) is 1. The summed E-state index contributed by atoms with van der Waals surface area (Å²) in [6.07, 6.45) is 3.03. The van der Waals surface area contributed by atoms with Gasteiger partial charge in [0.2, 0.25) is 0 Å². The molecule has 0 aromatic heterocycles. The van der Waals surface area contributed by atoms with Crippen LogP contribution in [0.3, 0.4) is 0 Å². The van der Waals surface area contributed by atoms with Crippen molar-refractivity contribution in [2.45, 2.75) is 26.2 Å². The fraction of sp³-hybridized carbons (Fsp3) is 0.533. The zero-order chi connectivity index (χ0) is 13.7. The van der Waals surface area contributed by atoms with E-state index in [2.05, 4.69) is 12.2 Å². The fourth-order valence-electron chi connectivity index (χ4n) is 2.45. The van der Waals surface area contributed by atoms with E-state index < -0.39 is 0 Å². The van der Waals surface area contributed by atoms with E-state index in [4.69, 9.17) is 0 Å². The lowest BCUT2D eigenvalue weighted by Gasteiger charge is -2.30. The van der Waals surface area contributed by atoms with Crippen molar-refractivity contribution in [2.75, 3.05) is 19.6 Å². The molecular formula is C15H21FN2O. The van der Waals surface area contributed by atoms with Crippen molar-refractivity contribution in [3.05, 3.63) is 35.6 Å². The summed E-state index contributed by atoms with van der Waals surface area (Å²) >= 11 is 0. The van der Waals surface area contributed by atoms with Crippen LogP contribution >= 0.6 is 0 Å². The van der Waals surface area contributed by atoms with Gasteiger partial charge in [-0.15, -0.1) is 0 Å². The van der Waals surface area contributed by atoms with Crippen molar-refractivity contribution < 1.29 is 9.18 Å². The molecule has 19 heavy (non-hydrogen) atoms. The third-order valence-corrected chi connectivity index (χ3v) is 3.55. The summed E-state index contributed by atoms with van der Waals surface area (Å²) in [6.45, 7) is 4.47. The van der Waals surface area contributed by atoms with Crippen LogP contribution in [0.1, 0.15) is 25.3 Å². The lowest BCUT2D eigenvalue weighted by molar-refractivity contribution is 0.170. The average Bonchev–Trinajstić information content (AvgIpc) is 2.41. The minimum atomic E-state index is -0.227. The molecule has 3 nitrogen and oxygen atoms in total. The van der Waals surface area contributed by atoms with Crippen molar-refractivity contribution >= 4 is 6.03 Å². The Bertz CT molecular complexity index is 419. The Hall–Kier alpha value is -1.58. The van der Waals surface area contributed by atoms with E-state index >= 15 is 0 Å². The van der Waals surface area contributed by atoms with Crippen LogP contribution in [0, 0.1) is 11.7 Å². The number of nitrogens with one attached hydrogen (secondary N) is 1. The first kappa shape index (κ1) is 13.8. The Morgan fingerprint density at radius 1 is 1.42 bits per heavy atom. The zero-order valence-electron chi connectivity index (χ0n) is 11.4. The third-order valence-electron chi connectivity index (χ3n) is 3.55. The molecule has 1 aliphatic heterocycles. The monoisotopic (exact) mass is 264 g/mol. The molecule has 1 aliphatic rings. The highest BCUT2D eigenvalue weighted by atomic mass is 19.1. The first-order chi connectivity index (χ1) is 9.15. The van der Waals surface area contributed by atoms with Crippen LogP contribution in [0.25, 0.3) is 0 Å². The molecule has 1 atom stereocenters. The van der Waals surface area contributed by atoms with Crippen LogP contribution in [0.2, 0.25) is 0 Å². The molecule has 0 saturated carbocycles. The Morgan fingerprint density at radius 3 is 2.84 bits per heavy atom. The smallest absolute Gasteiger partial charge is 0.317 e. The number of nitrogens with zero attached hydrogens (tertiary/aromatic N) is 1. The van der Waals surface area contributed by atoms with Crippen LogP contribution < -0.4 is 5.32 Å². The number of hydrogen-bond donors (Lipinski definition) is 1. The van der Waals surface area contributed by atoms with Crippen molar-refractivity contribution in [3.63, 3.8) is 0 Å². The summed E-state index contributed by atoms with van der Waals surface area (Å²) in [5.74, 6) is 0.367. The van der Waals surface area contributed by atoms with Crippen molar-refractivity contribution in [1.82, 2.24) is 10.2 Å². The van der Waals surface area contributed by atoms with Crippen LogP contribution in [-0.2, 0) is 6.42 Å². The lowest BCUT2D eigenvalue weighted by Crippen LogP contribution is -2.45. The molecule has 0 aliphatic carbocycles. The summed E-state index contributed by atoms with van der Waals surface area (Å²) in [4.78, 5) is 13.8. The lowest BCUT2D eigenvalue weighted by atomic mass is 10.0. The molecule has 0 radical (unpaired) electrons. The van der Waals surface area contributed by atoms with Gasteiger partial charge in [0.1, 0.15) is 5.82 Å². The molecule has 1 N–H and O–H groups in total.